The van der Waals surface area contributed by atoms with E-state index in [4.69, 9.17) is 5.11 Å². The molecule has 1 aliphatic heterocycles. The molecule has 1 heterocycles. The van der Waals surface area contributed by atoms with Crippen molar-refractivity contribution >= 4 is 11.9 Å². The summed E-state index contributed by atoms with van der Waals surface area (Å²) in [6.45, 7) is 3.28. The van der Waals surface area contributed by atoms with Crippen LogP contribution in [0.25, 0.3) is 0 Å². The second kappa shape index (κ2) is 7.27. The van der Waals surface area contributed by atoms with E-state index in [0.29, 0.717) is 0 Å². The predicted molar refractivity (Wildman–Crippen MR) is 64.8 cm³/mol. The van der Waals surface area contributed by atoms with Gasteiger partial charge >= 0.3 is 5.97 Å². The number of hydrogen-bond acceptors (Lipinski definition) is 3. The van der Waals surface area contributed by atoms with Gasteiger partial charge in [-0.2, -0.15) is 0 Å². The molecule has 0 spiro atoms. The minimum absolute atomic E-state index is 0.0139. The van der Waals surface area contributed by atoms with E-state index in [0.717, 1.165) is 25.9 Å². The fourth-order valence-corrected chi connectivity index (χ4v) is 1.94. The zero-order valence-corrected chi connectivity index (χ0v) is 10.4. The maximum Gasteiger partial charge on any atom is 0.320 e. The van der Waals surface area contributed by atoms with Crippen LogP contribution in [0.3, 0.4) is 0 Å². The molecule has 5 heteroatoms. The first-order valence-corrected chi connectivity index (χ1v) is 6.35. The smallest absolute Gasteiger partial charge is 0.320 e. The van der Waals surface area contributed by atoms with Gasteiger partial charge in [-0.3, -0.25) is 14.9 Å². The highest BCUT2D eigenvalue weighted by molar-refractivity contribution is 5.79. The topological polar surface area (TPSA) is 69.6 Å². The average molecular weight is 242 g/mol. The molecule has 1 fully saturated rings. The van der Waals surface area contributed by atoms with E-state index in [1.54, 1.807) is 6.92 Å². The number of carboxylic acids is 1. The van der Waals surface area contributed by atoms with Crippen molar-refractivity contribution in [1.29, 1.82) is 0 Å². The lowest BCUT2D eigenvalue weighted by atomic mass is 10.1. The molecule has 0 aliphatic carbocycles. The van der Waals surface area contributed by atoms with Crippen molar-refractivity contribution in [2.24, 2.45) is 0 Å². The molecule has 1 rings (SSSR count). The molecule has 2 N–H and O–H groups in total. The lowest BCUT2D eigenvalue weighted by molar-refractivity contribution is -0.139. The van der Waals surface area contributed by atoms with E-state index < -0.39 is 12.0 Å². The van der Waals surface area contributed by atoms with Crippen LogP contribution < -0.4 is 5.32 Å². The van der Waals surface area contributed by atoms with Gasteiger partial charge in [-0.15, -0.1) is 0 Å². The van der Waals surface area contributed by atoms with Gasteiger partial charge in [0.05, 0.1) is 6.54 Å². The van der Waals surface area contributed by atoms with Crippen LogP contribution in [0, 0.1) is 0 Å². The molecule has 0 saturated carbocycles. The summed E-state index contributed by atoms with van der Waals surface area (Å²) in [7, 11) is 0. The number of nitrogens with one attached hydrogen (secondary N) is 1. The number of amides is 1. The zero-order valence-electron chi connectivity index (χ0n) is 10.4. The van der Waals surface area contributed by atoms with Crippen molar-refractivity contribution in [3.63, 3.8) is 0 Å². The number of carboxylic acid groups (broad SMARTS) is 1. The Balaban J connectivity index is 2.32. The highest BCUT2D eigenvalue weighted by Gasteiger charge is 2.17. The van der Waals surface area contributed by atoms with Crippen LogP contribution in [0.4, 0.5) is 0 Å². The lowest BCUT2D eigenvalue weighted by Gasteiger charge is -2.25. The maximum atomic E-state index is 11.9. The van der Waals surface area contributed by atoms with Crippen molar-refractivity contribution in [3.8, 4) is 0 Å². The maximum absolute atomic E-state index is 11.9. The van der Waals surface area contributed by atoms with Gasteiger partial charge in [0.2, 0.25) is 5.91 Å². The Labute approximate surface area is 102 Å². The van der Waals surface area contributed by atoms with E-state index in [1.807, 2.05) is 4.90 Å². The highest BCUT2D eigenvalue weighted by atomic mass is 16.4. The fraction of sp³-hybridized carbons (Fsp3) is 0.833. The first kappa shape index (κ1) is 14.0. The third kappa shape index (κ3) is 5.17. The Bertz CT molecular complexity index is 260. The summed E-state index contributed by atoms with van der Waals surface area (Å²) in [6.07, 6.45) is 5.74. The van der Waals surface area contributed by atoms with E-state index in [9.17, 15) is 9.59 Å². The van der Waals surface area contributed by atoms with Gasteiger partial charge in [0.15, 0.2) is 0 Å². The molecule has 0 unspecified atom stereocenters. The second-order valence-corrected chi connectivity index (χ2v) is 4.59. The molecule has 0 bridgehead atoms. The zero-order chi connectivity index (χ0) is 12.7. The number of carbonyl (C=O) groups excluding carboxylic acids is 1. The van der Waals surface area contributed by atoms with E-state index in [2.05, 4.69) is 5.32 Å². The van der Waals surface area contributed by atoms with Crippen molar-refractivity contribution in [3.05, 3.63) is 0 Å². The Kier molecular flexibility index (Phi) is 5.97. The van der Waals surface area contributed by atoms with Gasteiger partial charge in [0.1, 0.15) is 6.04 Å². The van der Waals surface area contributed by atoms with E-state index in [1.165, 1.54) is 19.3 Å². The highest BCUT2D eigenvalue weighted by Crippen LogP contribution is 2.10. The van der Waals surface area contributed by atoms with Crippen LogP contribution in [0.15, 0.2) is 0 Å². The van der Waals surface area contributed by atoms with Gasteiger partial charge in [-0.25, -0.2) is 0 Å². The summed E-state index contributed by atoms with van der Waals surface area (Å²) in [4.78, 5) is 24.3. The van der Waals surface area contributed by atoms with Crippen molar-refractivity contribution < 1.29 is 14.7 Å². The summed E-state index contributed by atoms with van der Waals surface area (Å²) < 4.78 is 0. The lowest BCUT2D eigenvalue weighted by Crippen LogP contribution is -2.44. The largest absolute Gasteiger partial charge is 0.480 e. The number of aliphatic carboxylic acids is 1. The molecule has 0 aromatic carbocycles. The molecule has 98 valence electrons. The number of carbonyl (C=O) groups is 2. The first-order valence-electron chi connectivity index (χ1n) is 6.35. The molecular weight excluding hydrogens is 220 g/mol. The molecule has 5 nitrogen and oxygen atoms in total. The standard InChI is InChI=1S/C12H22N2O3/c1-10(12(16)17)13-9-11(15)14-7-5-3-2-4-6-8-14/h10,13H,2-9H2,1H3,(H,16,17)/t10-/m1/s1. The number of likely N-dealkylation sites (tertiary alicyclic amines) is 1. The third-order valence-corrected chi connectivity index (χ3v) is 3.14. The van der Waals surface area contributed by atoms with Gasteiger partial charge in [0.25, 0.3) is 0 Å². The Morgan fingerprint density at radius 2 is 1.71 bits per heavy atom. The van der Waals surface area contributed by atoms with Crippen LogP contribution in [0.5, 0.6) is 0 Å². The van der Waals surface area contributed by atoms with Gasteiger partial charge < -0.3 is 10.0 Å². The van der Waals surface area contributed by atoms with Gasteiger partial charge in [-0.1, -0.05) is 19.3 Å². The van der Waals surface area contributed by atoms with Crippen LogP contribution >= 0.6 is 0 Å². The molecule has 1 aliphatic rings. The molecule has 1 amide bonds. The van der Waals surface area contributed by atoms with Crippen LogP contribution in [0.2, 0.25) is 0 Å². The van der Waals surface area contributed by atoms with E-state index >= 15 is 0 Å². The molecule has 0 aromatic rings. The molecule has 1 saturated heterocycles. The molecular formula is C12H22N2O3. The minimum Gasteiger partial charge on any atom is -0.480 e. The molecule has 0 aromatic heterocycles. The summed E-state index contributed by atoms with van der Waals surface area (Å²) in [5, 5.41) is 11.4. The number of hydrogen-bond donors (Lipinski definition) is 2. The summed E-state index contributed by atoms with van der Waals surface area (Å²) in [5.74, 6) is -0.912. The summed E-state index contributed by atoms with van der Waals surface area (Å²) >= 11 is 0. The Hall–Kier alpha value is -1.10. The van der Waals surface area contributed by atoms with Gasteiger partial charge in [0, 0.05) is 13.1 Å². The van der Waals surface area contributed by atoms with Gasteiger partial charge in [-0.05, 0) is 19.8 Å². The Morgan fingerprint density at radius 3 is 2.24 bits per heavy atom. The SMILES string of the molecule is C[C@@H](NCC(=O)N1CCCCCCC1)C(=O)O. The summed E-state index contributed by atoms with van der Waals surface area (Å²) in [6, 6.07) is -0.672. The van der Waals surface area contributed by atoms with Crippen LogP contribution in [-0.2, 0) is 9.59 Å². The average Bonchev–Trinajstić information content (AvgIpc) is 2.24. The molecule has 0 radical (unpaired) electrons. The van der Waals surface area contributed by atoms with Crippen LogP contribution in [-0.4, -0.2) is 47.6 Å². The van der Waals surface area contributed by atoms with Crippen molar-refractivity contribution in [1.82, 2.24) is 10.2 Å². The normalized spacial score (nSPS) is 19.2. The second-order valence-electron chi connectivity index (χ2n) is 4.59. The predicted octanol–water partition coefficient (Wildman–Crippen LogP) is 0.842. The monoisotopic (exact) mass is 242 g/mol. The Morgan fingerprint density at radius 1 is 1.18 bits per heavy atom. The van der Waals surface area contributed by atoms with E-state index in [-0.39, 0.29) is 12.5 Å². The van der Waals surface area contributed by atoms with Crippen molar-refractivity contribution in [2.45, 2.75) is 45.1 Å². The fourth-order valence-electron chi connectivity index (χ4n) is 1.94. The number of rotatable bonds is 4. The summed E-state index contributed by atoms with van der Waals surface area (Å²) in [5.41, 5.74) is 0. The molecule has 1 atom stereocenters. The van der Waals surface area contributed by atoms with Crippen molar-refractivity contribution in [2.75, 3.05) is 19.6 Å². The first-order chi connectivity index (χ1) is 8.11. The van der Waals surface area contributed by atoms with Crippen LogP contribution in [0.1, 0.15) is 39.0 Å². The minimum atomic E-state index is -0.925. The quantitative estimate of drug-likeness (QED) is 0.766. The third-order valence-electron chi connectivity index (χ3n) is 3.14. The number of nitrogens with zero attached hydrogens (tertiary/aromatic N) is 1. The molecule has 17 heavy (non-hydrogen) atoms.